The number of benzene rings is 1. The molecule has 0 unspecified atom stereocenters. The van der Waals surface area contributed by atoms with E-state index in [1.165, 1.54) is 6.07 Å². The third-order valence-corrected chi connectivity index (χ3v) is 5.03. The molecule has 0 atom stereocenters. The summed E-state index contributed by atoms with van der Waals surface area (Å²) in [6, 6.07) is 12.1. The molecule has 0 N–H and O–H groups in total. The molecule has 1 aliphatic heterocycles. The fraction of sp³-hybridized carbons (Fsp3) is 0.263. The maximum Gasteiger partial charge on any atom is 0.453 e. The number of carbonyl (C=O) groups is 1. The van der Waals surface area contributed by atoms with Gasteiger partial charge in [0.15, 0.2) is 11.4 Å². The topological polar surface area (TPSA) is 79.8 Å². The van der Waals surface area contributed by atoms with Crippen molar-refractivity contribution < 1.29 is 22.4 Å². The Morgan fingerprint density at radius 3 is 2.50 bits per heavy atom. The lowest BCUT2D eigenvalue weighted by Crippen LogP contribution is -2.49. The molecular formula is C19H15F3N6O2. The minimum absolute atomic E-state index is 0.0183. The molecule has 1 saturated heterocycles. The van der Waals surface area contributed by atoms with Crippen LogP contribution in [0.1, 0.15) is 16.4 Å². The molecule has 4 aromatic rings. The molecule has 1 amide bonds. The van der Waals surface area contributed by atoms with Crippen LogP contribution < -0.4 is 4.90 Å². The van der Waals surface area contributed by atoms with E-state index in [1.807, 2.05) is 23.1 Å². The van der Waals surface area contributed by atoms with Crippen LogP contribution in [0.3, 0.4) is 0 Å². The number of hydrogen-bond donors (Lipinski definition) is 0. The molecule has 0 spiro atoms. The Bertz CT molecular complexity index is 1210. The lowest BCUT2D eigenvalue weighted by atomic mass is 10.2. The number of anilines is 1. The van der Waals surface area contributed by atoms with Gasteiger partial charge in [-0.2, -0.15) is 17.7 Å². The average molecular weight is 416 g/mol. The predicted octanol–water partition coefficient (Wildman–Crippen LogP) is 2.85. The standard InChI is InChI=1S/C19H15F3N6O2/c20-19(21,22)18-24-23-15-5-6-16(25-28(15)18)26-7-9-27(10-8-26)17(29)14-11-12-3-1-2-4-13(12)30-14/h1-6,11H,7-10H2. The van der Waals surface area contributed by atoms with Gasteiger partial charge in [-0.1, -0.05) is 18.2 Å². The predicted molar refractivity (Wildman–Crippen MR) is 100 cm³/mol. The number of rotatable bonds is 2. The maximum absolute atomic E-state index is 13.1. The van der Waals surface area contributed by atoms with Crippen LogP contribution in [-0.4, -0.2) is 56.8 Å². The molecule has 11 heteroatoms. The van der Waals surface area contributed by atoms with Gasteiger partial charge < -0.3 is 14.2 Å². The van der Waals surface area contributed by atoms with Crippen molar-refractivity contribution in [2.45, 2.75) is 6.18 Å². The van der Waals surface area contributed by atoms with Gasteiger partial charge in [0.25, 0.3) is 11.7 Å². The number of hydrogen-bond acceptors (Lipinski definition) is 6. The lowest BCUT2D eigenvalue weighted by Gasteiger charge is -2.34. The highest BCUT2D eigenvalue weighted by atomic mass is 19.4. The zero-order chi connectivity index (χ0) is 20.9. The summed E-state index contributed by atoms with van der Waals surface area (Å²) in [5.41, 5.74) is 0.663. The SMILES string of the molecule is O=C(c1cc2ccccc2o1)N1CCN(c2ccc3nnc(C(F)(F)F)n3n2)CC1. The molecular weight excluding hydrogens is 401 g/mol. The summed E-state index contributed by atoms with van der Waals surface area (Å²) in [5.74, 6) is -0.752. The summed E-state index contributed by atoms with van der Waals surface area (Å²) in [6.45, 7) is 1.63. The van der Waals surface area contributed by atoms with Crippen LogP contribution in [0.15, 0.2) is 46.9 Å². The number of amides is 1. The molecule has 1 aromatic carbocycles. The van der Waals surface area contributed by atoms with Gasteiger partial charge in [-0.25, -0.2) is 0 Å². The first-order chi connectivity index (χ1) is 14.4. The van der Waals surface area contributed by atoms with Crippen molar-refractivity contribution in [2.75, 3.05) is 31.1 Å². The number of piperazine rings is 1. The van der Waals surface area contributed by atoms with Crippen LogP contribution in [0.25, 0.3) is 16.6 Å². The Kier molecular flexibility index (Phi) is 4.12. The molecule has 4 heterocycles. The number of nitrogens with zero attached hydrogens (tertiary/aromatic N) is 6. The molecule has 0 radical (unpaired) electrons. The van der Waals surface area contributed by atoms with E-state index < -0.39 is 12.0 Å². The van der Waals surface area contributed by atoms with Crippen LogP contribution in [0, 0.1) is 0 Å². The second-order valence-corrected chi connectivity index (χ2v) is 6.91. The Morgan fingerprint density at radius 2 is 1.77 bits per heavy atom. The molecule has 3 aromatic heterocycles. The molecule has 5 rings (SSSR count). The van der Waals surface area contributed by atoms with Gasteiger partial charge >= 0.3 is 6.18 Å². The van der Waals surface area contributed by atoms with E-state index >= 15 is 0 Å². The number of aromatic nitrogens is 4. The first-order valence-corrected chi connectivity index (χ1v) is 9.22. The van der Waals surface area contributed by atoms with Crippen LogP contribution >= 0.6 is 0 Å². The Morgan fingerprint density at radius 1 is 1.00 bits per heavy atom. The molecule has 0 bridgehead atoms. The quantitative estimate of drug-likeness (QED) is 0.500. The largest absolute Gasteiger partial charge is 0.453 e. The third kappa shape index (κ3) is 3.11. The third-order valence-electron chi connectivity index (χ3n) is 5.03. The summed E-state index contributed by atoms with van der Waals surface area (Å²) in [7, 11) is 0. The fourth-order valence-electron chi connectivity index (χ4n) is 3.51. The second-order valence-electron chi connectivity index (χ2n) is 6.91. The zero-order valence-corrected chi connectivity index (χ0v) is 15.5. The van der Waals surface area contributed by atoms with E-state index in [0.717, 1.165) is 5.39 Å². The van der Waals surface area contributed by atoms with Gasteiger partial charge in [0.1, 0.15) is 11.4 Å². The van der Waals surface area contributed by atoms with Gasteiger partial charge in [0.05, 0.1) is 0 Å². The summed E-state index contributed by atoms with van der Waals surface area (Å²) < 4.78 is 45.6. The minimum Gasteiger partial charge on any atom is -0.451 e. The maximum atomic E-state index is 13.1. The molecule has 30 heavy (non-hydrogen) atoms. The van der Waals surface area contributed by atoms with E-state index in [0.29, 0.717) is 42.1 Å². The molecule has 0 saturated carbocycles. The van der Waals surface area contributed by atoms with Gasteiger partial charge in [-0.3, -0.25) is 4.79 Å². The monoisotopic (exact) mass is 416 g/mol. The number of furan rings is 1. The Labute approximate surface area is 167 Å². The number of para-hydroxylation sites is 1. The molecule has 1 fully saturated rings. The summed E-state index contributed by atoms with van der Waals surface area (Å²) in [6.07, 6.45) is -4.65. The molecule has 1 aliphatic rings. The van der Waals surface area contributed by atoms with Crippen molar-refractivity contribution >= 4 is 28.3 Å². The highest BCUT2D eigenvalue weighted by Gasteiger charge is 2.38. The van der Waals surface area contributed by atoms with Crippen LogP contribution in [0.4, 0.5) is 19.0 Å². The molecule has 8 nitrogen and oxygen atoms in total. The number of halogens is 3. The normalized spacial score (nSPS) is 15.3. The lowest BCUT2D eigenvalue weighted by molar-refractivity contribution is -0.146. The Hall–Kier alpha value is -3.63. The zero-order valence-electron chi connectivity index (χ0n) is 15.5. The van der Waals surface area contributed by atoms with Crippen LogP contribution in [0.2, 0.25) is 0 Å². The first kappa shape index (κ1) is 18.4. The minimum atomic E-state index is -4.65. The summed E-state index contributed by atoms with van der Waals surface area (Å²) in [4.78, 5) is 16.2. The number of carbonyl (C=O) groups excluding carboxylic acids is 1. The Balaban J connectivity index is 1.32. The summed E-state index contributed by atoms with van der Waals surface area (Å²) >= 11 is 0. The van der Waals surface area contributed by atoms with Crippen molar-refractivity contribution in [1.82, 2.24) is 24.7 Å². The van der Waals surface area contributed by atoms with Gasteiger partial charge in [0.2, 0.25) is 0 Å². The van der Waals surface area contributed by atoms with Gasteiger partial charge in [0, 0.05) is 31.6 Å². The van der Waals surface area contributed by atoms with Gasteiger partial charge in [-0.05, 0) is 24.3 Å². The van der Waals surface area contributed by atoms with E-state index in [4.69, 9.17) is 4.42 Å². The molecule has 154 valence electrons. The van der Waals surface area contributed by atoms with E-state index in [1.54, 1.807) is 23.1 Å². The van der Waals surface area contributed by atoms with Crippen LogP contribution in [0.5, 0.6) is 0 Å². The van der Waals surface area contributed by atoms with Crippen molar-refractivity contribution in [3.8, 4) is 0 Å². The number of alkyl halides is 3. The van der Waals surface area contributed by atoms with Crippen LogP contribution in [-0.2, 0) is 6.18 Å². The second kappa shape index (κ2) is 6.71. The van der Waals surface area contributed by atoms with E-state index in [9.17, 15) is 18.0 Å². The van der Waals surface area contributed by atoms with E-state index in [-0.39, 0.29) is 17.3 Å². The van der Waals surface area contributed by atoms with E-state index in [2.05, 4.69) is 15.3 Å². The first-order valence-electron chi connectivity index (χ1n) is 9.22. The highest BCUT2D eigenvalue weighted by molar-refractivity contribution is 5.96. The van der Waals surface area contributed by atoms with Crippen molar-refractivity contribution in [3.05, 3.63) is 54.0 Å². The highest BCUT2D eigenvalue weighted by Crippen LogP contribution is 2.28. The molecule has 0 aliphatic carbocycles. The van der Waals surface area contributed by atoms with Gasteiger partial charge in [-0.15, -0.1) is 15.3 Å². The number of fused-ring (bicyclic) bond motifs is 2. The fourth-order valence-corrected chi connectivity index (χ4v) is 3.51. The average Bonchev–Trinajstić information content (AvgIpc) is 3.37. The smallest absolute Gasteiger partial charge is 0.451 e. The van der Waals surface area contributed by atoms with Crippen molar-refractivity contribution in [2.24, 2.45) is 0 Å². The van der Waals surface area contributed by atoms with Crippen molar-refractivity contribution in [1.29, 1.82) is 0 Å². The van der Waals surface area contributed by atoms with Crippen molar-refractivity contribution in [3.63, 3.8) is 0 Å². The summed E-state index contributed by atoms with van der Waals surface area (Å²) in [5, 5.41) is 11.6.